The number of hydrogen-bond acceptors (Lipinski definition) is 2. The molecule has 1 N–H and O–H groups in total. The van der Waals surface area contributed by atoms with Gasteiger partial charge < -0.3 is 5.32 Å². The quantitative estimate of drug-likeness (QED) is 0.873. The molecule has 0 amide bonds. The van der Waals surface area contributed by atoms with Crippen LogP contribution in [0, 0.1) is 17.2 Å². The molecule has 0 radical (unpaired) electrons. The lowest BCUT2D eigenvalue weighted by Gasteiger charge is -2.20. The van der Waals surface area contributed by atoms with Crippen molar-refractivity contribution in [2.45, 2.75) is 38.4 Å². The van der Waals surface area contributed by atoms with E-state index in [0.717, 1.165) is 31.4 Å². The first-order chi connectivity index (χ1) is 8.91. The Morgan fingerprint density at radius 2 is 2.05 bits per heavy atom. The molecule has 1 saturated carbocycles. The normalized spacial score (nSPS) is 23.1. The van der Waals surface area contributed by atoms with E-state index in [4.69, 9.17) is 5.26 Å². The van der Waals surface area contributed by atoms with E-state index in [-0.39, 0.29) is 11.6 Å². The Balaban J connectivity index is 2.24. The number of nitrogens with one attached hydrogen (secondary N) is 1. The lowest BCUT2D eigenvalue weighted by atomic mass is 10.0. The van der Waals surface area contributed by atoms with Crippen molar-refractivity contribution in [1.82, 2.24) is 0 Å². The van der Waals surface area contributed by atoms with E-state index >= 15 is 0 Å². The van der Waals surface area contributed by atoms with Gasteiger partial charge in [0.2, 0.25) is 0 Å². The number of nitrogens with zero attached hydrogens (tertiary/aromatic N) is 1. The van der Waals surface area contributed by atoms with Gasteiger partial charge in [0, 0.05) is 6.04 Å². The smallest absolute Gasteiger partial charge is 0.381 e. The molecule has 0 saturated heterocycles. The zero-order chi connectivity index (χ0) is 14.0. The van der Waals surface area contributed by atoms with Crippen molar-refractivity contribution in [3.63, 3.8) is 0 Å². The average Bonchev–Trinajstić information content (AvgIpc) is 2.74. The molecule has 1 fully saturated rings. The lowest BCUT2D eigenvalue weighted by molar-refractivity contribution is -0.137. The zero-order valence-electron chi connectivity index (χ0n) is 10.6. The van der Waals surface area contributed by atoms with Crippen molar-refractivity contribution < 1.29 is 13.2 Å². The van der Waals surface area contributed by atoms with Crippen molar-refractivity contribution in [2.75, 3.05) is 5.32 Å². The predicted molar refractivity (Wildman–Crippen MR) is 66.6 cm³/mol. The van der Waals surface area contributed by atoms with Gasteiger partial charge in [-0.25, -0.2) is 0 Å². The maximum atomic E-state index is 12.6. The largest absolute Gasteiger partial charge is 0.416 e. The average molecular weight is 268 g/mol. The molecule has 0 spiro atoms. The number of benzene rings is 1. The third kappa shape index (κ3) is 3.01. The van der Waals surface area contributed by atoms with E-state index in [1.54, 1.807) is 0 Å². The zero-order valence-corrected chi connectivity index (χ0v) is 10.6. The minimum atomic E-state index is -4.41. The molecule has 102 valence electrons. The topological polar surface area (TPSA) is 35.8 Å². The predicted octanol–water partition coefficient (Wildman–Crippen LogP) is 4.18. The van der Waals surface area contributed by atoms with Crippen LogP contribution in [0.3, 0.4) is 0 Å². The van der Waals surface area contributed by atoms with Gasteiger partial charge in [0.1, 0.15) is 6.07 Å². The number of halogens is 3. The first kappa shape index (κ1) is 13.7. The molecule has 1 aliphatic carbocycles. The van der Waals surface area contributed by atoms with Crippen LogP contribution < -0.4 is 5.32 Å². The molecule has 19 heavy (non-hydrogen) atoms. The standard InChI is InChI=1S/C14H15F3N2/c1-9-3-2-4-12(9)19-13-6-5-11(14(15,16)17)7-10(13)8-18/h5-7,9,12,19H,2-4H2,1H3. The first-order valence-corrected chi connectivity index (χ1v) is 6.29. The molecule has 2 rings (SSSR count). The summed E-state index contributed by atoms with van der Waals surface area (Å²) in [5.41, 5.74) is -0.239. The Labute approximate surface area is 110 Å². The molecule has 0 aliphatic heterocycles. The molecular weight excluding hydrogens is 253 g/mol. The van der Waals surface area contributed by atoms with Gasteiger partial charge in [0.05, 0.1) is 16.8 Å². The number of anilines is 1. The highest BCUT2D eigenvalue weighted by molar-refractivity contribution is 5.59. The van der Waals surface area contributed by atoms with Gasteiger partial charge in [-0.2, -0.15) is 18.4 Å². The Morgan fingerprint density at radius 3 is 2.58 bits per heavy atom. The highest BCUT2D eigenvalue weighted by atomic mass is 19.4. The van der Waals surface area contributed by atoms with Gasteiger partial charge >= 0.3 is 6.18 Å². The molecule has 2 unspecified atom stereocenters. The summed E-state index contributed by atoms with van der Waals surface area (Å²) in [4.78, 5) is 0. The van der Waals surface area contributed by atoms with E-state index in [2.05, 4.69) is 12.2 Å². The summed E-state index contributed by atoms with van der Waals surface area (Å²) in [5.74, 6) is 0.480. The van der Waals surface area contributed by atoms with Crippen molar-refractivity contribution in [1.29, 1.82) is 5.26 Å². The fourth-order valence-corrected chi connectivity index (χ4v) is 2.50. The van der Waals surface area contributed by atoms with Crippen LogP contribution >= 0.6 is 0 Å². The fraction of sp³-hybridized carbons (Fsp3) is 0.500. The van der Waals surface area contributed by atoms with E-state index in [1.165, 1.54) is 6.07 Å². The van der Waals surface area contributed by atoms with Crippen molar-refractivity contribution in [3.05, 3.63) is 29.3 Å². The SMILES string of the molecule is CC1CCCC1Nc1ccc(C(F)(F)F)cc1C#N. The van der Waals surface area contributed by atoms with E-state index < -0.39 is 11.7 Å². The Kier molecular flexibility index (Phi) is 3.70. The third-order valence-corrected chi connectivity index (χ3v) is 3.67. The summed E-state index contributed by atoms with van der Waals surface area (Å²) in [6.45, 7) is 2.11. The van der Waals surface area contributed by atoms with E-state index in [0.29, 0.717) is 11.6 Å². The van der Waals surface area contributed by atoms with Crippen LogP contribution in [0.2, 0.25) is 0 Å². The second-order valence-electron chi connectivity index (χ2n) is 5.03. The summed E-state index contributed by atoms with van der Waals surface area (Å²) in [6, 6.07) is 5.35. The monoisotopic (exact) mass is 268 g/mol. The highest BCUT2D eigenvalue weighted by Gasteiger charge is 2.31. The summed E-state index contributed by atoms with van der Waals surface area (Å²) in [6.07, 6.45) is -1.20. The van der Waals surface area contributed by atoms with Gasteiger partial charge in [-0.1, -0.05) is 13.3 Å². The van der Waals surface area contributed by atoms with Gasteiger partial charge in [-0.15, -0.1) is 0 Å². The van der Waals surface area contributed by atoms with Crippen LogP contribution in [0.1, 0.15) is 37.3 Å². The first-order valence-electron chi connectivity index (χ1n) is 6.29. The van der Waals surface area contributed by atoms with Crippen LogP contribution in [-0.4, -0.2) is 6.04 Å². The second-order valence-corrected chi connectivity index (χ2v) is 5.03. The molecule has 0 heterocycles. The van der Waals surface area contributed by atoms with E-state index in [1.807, 2.05) is 6.07 Å². The third-order valence-electron chi connectivity index (χ3n) is 3.67. The second kappa shape index (κ2) is 5.12. The van der Waals surface area contributed by atoms with Crippen LogP contribution in [0.4, 0.5) is 18.9 Å². The molecule has 1 aliphatic rings. The summed E-state index contributed by atoms with van der Waals surface area (Å²) >= 11 is 0. The molecule has 1 aromatic carbocycles. The number of hydrogen-bond donors (Lipinski definition) is 1. The summed E-state index contributed by atoms with van der Waals surface area (Å²) in [5, 5.41) is 12.2. The maximum Gasteiger partial charge on any atom is 0.416 e. The van der Waals surface area contributed by atoms with Crippen LogP contribution in [-0.2, 0) is 6.18 Å². The van der Waals surface area contributed by atoms with Crippen molar-refractivity contribution in [3.8, 4) is 6.07 Å². The van der Waals surface area contributed by atoms with Crippen LogP contribution in [0.15, 0.2) is 18.2 Å². The number of rotatable bonds is 2. The molecule has 0 aromatic heterocycles. The molecule has 0 bridgehead atoms. The number of alkyl halides is 3. The Bertz CT molecular complexity index is 502. The summed E-state index contributed by atoms with van der Waals surface area (Å²) in [7, 11) is 0. The highest BCUT2D eigenvalue weighted by Crippen LogP contribution is 2.33. The maximum absolute atomic E-state index is 12.6. The fourth-order valence-electron chi connectivity index (χ4n) is 2.50. The Morgan fingerprint density at radius 1 is 1.32 bits per heavy atom. The van der Waals surface area contributed by atoms with Gasteiger partial charge in [0.25, 0.3) is 0 Å². The molecule has 2 nitrogen and oxygen atoms in total. The number of nitriles is 1. The van der Waals surface area contributed by atoms with Crippen LogP contribution in [0.5, 0.6) is 0 Å². The molecule has 1 aromatic rings. The summed E-state index contributed by atoms with van der Waals surface area (Å²) < 4.78 is 37.7. The van der Waals surface area contributed by atoms with Gasteiger partial charge in [-0.3, -0.25) is 0 Å². The van der Waals surface area contributed by atoms with Crippen molar-refractivity contribution >= 4 is 5.69 Å². The minimum Gasteiger partial charge on any atom is -0.381 e. The van der Waals surface area contributed by atoms with E-state index in [9.17, 15) is 13.2 Å². The minimum absolute atomic E-state index is 0.0499. The van der Waals surface area contributed by atoms with Crippen molar-refractivity contribution in [2.24, 2.45) is 5.92 Å². The van der Waals surface area contributed by atoms with Gasteiger partial charge in [-0.05, 0) is 37.0 Å². The molecular formula is C14H15F3N2. The van der Waals surface area contributed by atoms with Crippen LogP contribution in [0.25, 0.3) is 0 Å². The molecule has 5 heteroatoms. The lowest BCUT2D eigenvalue weighted by Crippen LogP contribution is -2.22. The molecule has 2 atom stereocenters. The Hall–Kier alpha value is -1.70. The van der Waals surface area contributed by atoms with Gasteiger partial charge in [0.15, 0.2) is 0 Å².